The summed E-state index contributed by atoms with van der Waals surface area (Å²) in [7, 11) is 0. The van der Waals surface area contributed by atoms with Gasteiger partial charge in [0, 0.05) is 5.69 Å². The number of rotatable bonds is 7. The number of amides is 1. The highest BCUT2D eigenvalue weighted by Gasteiger charge is 2.14. The summed E-state index contributed by atoms with van der Waals surface area (Å²) in [6, 6.07) is 11.5. The van der Waals surface area contributed by atoms with Crippen LogP contribution >= 0.6 is 11.8 Å². The molecular weight excluding hydrogens is 376 g/mol. The molecule has 0 aliphatic heterocycles. The molecule has 0 aliphatic carbocycles. The van der Waals surface area contributed by atoms with E-state index in [2.05, 4.69) is 15.5 Å². The van der Waals surface area contributed by atoms with Crippen LogP contribution in [0.2, 0.25) is 0 Å². The van der Waals surface area contributed by atoms with Crippen molar-refractivity contribution in [3.05, 3.63) is 66.0 Å². The maximum atomic E-state index is 13.5. The van der Waals surface area contributed by atoms with Crippen LogP contribution in [0.4, 0.5) is 14.5 Å². The molecule has 7 nitrogen and oxygen atoms in total. The molecule has 0 spiro atoms. The lowest BCUT2D eigenvalue weighted by molar-refractivity contribution is -0.113. The van der Waals surface area contributed by atoms with Crippen LogP contribution in [0.1, 0.15) is 5.82 Å². The molecule has 0 bridgehead atoms. The fraction of sp³-hybridized carbons (Fsp3) is 0.118. The number of halogens is 2. The molecule has 0 fully saturated rings. The molecule has 0 unspecified atom stereocenters. The van der Waals surface area contributed by atoms with Crippen molar-refractivity contribution in [2.24, 2.45) is 0 Å². The number of aromatic nitrogens is 3. The zero-order valence-corrected chi connectivity index (χ0v) is 14.7. The third kappa shape index (κ3) is 4.94. The Balaban J connectivity index is 1.54. The molecular formula is C17H15F2N5O2S. The van der Waals surface area contributed by atoms with Crippen molar-refractivity contribution in [1.82, 2.24) is 14.9 Å². The fourth-order valence-electron chi connectivity index (χ4n) is 2.10. The number of hydrogen-bond donors (Lipinski definition) is 2. The number of carbonyl (C=O) groups is 1. The van der Waals surface area contributed by atoms with E-state index in [9.17, 15) is 13.6 Å². The minimum absolute atomic E-state index is 0.0000171. The zero-order chi connectivity index (χ0) is 19.2. The van der Waals surface area contributed by atoms with Crippen molar-refractivity contribution in [3.63, 3.8) is 0 Å². The number of carbonyl (C=O) groups excluding carboxylic acids is 1. The molecule has 0 saturated carbocycles. The molecule has 10 heteroatoms. The van der Waals surface area contributed by atoms with Gasteiger partial charge in [0.15, 0.2) is 17.4 Å². The summed E-state index contributed by atoms with van der Waals surface area (Å²) in [5, 5.41) is 10.6. The summed E-state index contributed by atoms with van der Waals surface area (Å²) in [5.74, 6) is 4.93. The van der Waals surface area contributed by atoms with Gasteiger partial charge in [-0.15, -0.1) is 10.2 Å². The number of nitrogen functional groups attached to an aromatic ring is 1. The molecule has 3 N–H and O–H groups in total. The number of hydrogen-bond acceptors (Lipinski definition) is 6. The van der Waals surface area contributed by atoms with Gasteiger partial charge in [0.05, 0.1) is 5.75 Å². The molecule has 3 rings (SSSR count). The lowest BCUT2D eigenvalue weighted by Gasteiger charge is -2.07. The molecule has 27 heavy (non-hydrogen) atoms. The molecule has 140 valence electrons. The average molecular weight is 391 g/mol. The van der Waals surface area contributed by atoms with E-state index in [0.717, 1.165) is 11.8 Å². The first kappa shape index (κ1) is 18.6. The minimum atomic E-state index is -0.496. The van der Waals surface area contributed by atoms with Crippen LogP contribution in [-0.4, -0.2) is 26.5 Å². The Morgan fingerprint density at radius 1 is 1.19 bits per heavy atom. The van der Waals surface area contributed by atoms with E-state index in [-0.39, 0.29) is 35.0 Å². The monoisotopic (exact) mass is 391 g/mol. The Hall–Kier alpha value is -3.14. The number of thioether (sulfide) groups is 1. The van der Waals surface area contributed by atoms with Gasteiger partial charge in [-0.05, 0) is 30.3 Å². The first-order chi connectivity index (χ1) is 13.0. The second-order valence-corrected chi connectivity index (χ2v) is 6.28. The molecule has 3 aromatic rings. The van der Waals surface area contributed by atoms with Gasteiger partial charge in [0.2, 0.25) is 11.1 Å². The van der Waals surface area contributed by atoms with Crippen LogP contribution < -0.4 is 15.9 Å². The van der Waals surface area contributed by atoms with Gasteiger partial charge in [0.25, 0.3) is 0 Å². The highest BCUT2D eigenvalue weighted by molar-refractivity contribution is 7.99. The number of para-hydroxylation sites is 1. The minimum Gasteiger partial charge on any atom is -0.482 e. The SMILES string of the molecule is Nn1c(COc2ccccc2F)nnc1SCC(=O)Nc1cccc(F)c1. The first-order valence-corrected chi connectivity index (χ1v) is 8.76. The van der Waals surface area contributed by atoms with E-state index in [4.69, 9.17) is 10.6 Å². The predicted octanol–water partition coefficient (Wildman–Crippen LogP) is 2.58. The van der Waals surface area contributed by atoms with Crippen LogP contribution in [0, 0.1) is 11.6 Å². The number of benzene rings is 2. The summed E-state index contributed by atoms with van der Waals surface area (Å²) >= 11 is 1.05. The van der Waals surface area contributed by atoms with Crippen molar-refractivity contribution in [1.29, 1.82) is 0 Å². The van der Waals surface area contributed by atoms with E-state index in [1.54, 1.807) is 18.2 Å². The Bertz CT molecular complexity index is 951. The predicted molar refractivity (Wildman–Crippen MR) is 96.7 cm³/mol. The number of nitrogens with zero attached hydrogens (tertiary/aromatic N) is 3. The van der Waals surface area contributed by atoms with Crippen LogP contribution in [0.3, 0.4) is 0 Å². The largest absolute Gasteiger partial charge is 0.482 e. The lowest BCUT2D eigenvalue weighted by Crippen LogP contribution is -2.18. The van der Waals surface area contributed by atoms with Gasteiger partial charge in [-0.25, -0.2) is 13.5 Å². The van der Waals surface area contributed by atoms with Crippen LogP contribution in [0.5, 0.6) is 5.75 Å². The summed E-state index contributed by atoms with van der Waals surface area (Å²) in [6.45, 7) is -0.0829. The van der Waals surface area contributed by atoms with Gasteiger partial charge < -0.3 is 15.9 Å². The van der Waals surface area contributed by atoms with E-state index in [1.165, 1.54) is 35.0 Å². The number of ether oxygens (including phenoxy) is 1. The number of nitrogens with one attached hydrogen (secondary N) is 1. The summed E-state index contributed by atoms with van der Waals surface area (Å²) in [5.41, 5.74) is 0.355. The summed E-state index contributed by atoms with van der Waals surface area (Å²) in [6.07, 6.45) is 0. The van der Waals surface area contributed by atoms with E-state index < -0.39 is 11.6 Å². The zero-order valence-electron chi connectivity index (χ0n) is 13.9. The maximum absolute atomic E-state index is 13.5. The van der Waals surface area contributed by atoms with E-state index in [1.807, 2.05) is 0 Å². The van der Waals surface area contributed by atoms with Crippen molar-refractivity contribution in [2.45, 2.75) is 11.8 Å². The Kier molecular flexibility index (Phi) is 5.87. The molecule has 1 aromatic heterocycles. The quantitative estimate of drug-likeness (QED) is 0.475. The highest BCUT2D eigenvalue weighted by atomic mass is 32.2. The van der Waals surface area contributed by atoms with Crippen molar-refractivity contribution >= 4 is 23.4 Å². The Morgan fingerprint density at radius 2 is 2.00 bits per heavy atom. The van der Waals surface area contributed by atoms with Crippen molar-refractivity contribution < 1.29 is 18.3 Å². The summed E-state index contributed by atoms with van der Waals surface area (Å²) in [4.78, 5) is 11.9. The molecule has 0 atom stereocenters. The van der Waals surface area contributed by atoms with Crippen LogP contribution in [-0.2, 0) is 11.4 Å². The van der Waals surface area contributed by atoms with Crippen LogP contribution in [0.15, 0.2) is 53.7 Å². The van der Waals surface area contributed by atoms with E-state index in [0.29, 0.717) is 5.69 Å². The van der Waals surface area contributed by atoms with Crippen molar-refractivity contribution in [3.8, 4) is 5.75 Å². The molecule has 0 saturated heterocycles. The number of anilines is 1. The fourth-order valence-corrected chi connectivity index (χ4v) is 2.78. The third-order valence-electron chi connectivity index (χ3n) is 3.37. The Morgan fingerprint density at radius 3 is 2.78 bits per heavy atom. The summed E-state index contributed by atoms with van der Waals surface area (Å²) < 4.78 is 33.2. The van der Waals surface area contributed by atoms with Gasteiger partial charge in [-0.1, -0.05) is 30.0 Å². The third-order valence-corrected chi connectivity index (χ3v) is 4.31. The van der Waals surface area contributed by atoms with Gasteiger partial charge in [0.1, 0.15) is 12.4 Å². The molecule has 1 heterocycles. The number of nitrogens with two attached hydrogens (primary N) is 1. The maximum Gasteiger partial charge on any atom is 0.234 e. The average Bonchev–Trinajstić information content (AvgIpc) is 2.99. The first-order valence-electron chi connectivity index (χ1n) is 7.78. The van der Waals surface area contributed by atoms with Crippen molar-refractivity contribution in [2.75, 3.05) is 16.9 Å². The molecule has 1 amide bonds. The van der Waals surface area contributed by atoms with Crippen LogP contribution in [0.25, 0.3) is 0 Å². The molecule has 2 aromatic carbocycles. The van der Waals surface area contributed by atoms with Gasteiger partial charge >= 0.3 is 0 Å². The topological polar surface area (TPSA) is 95.1 Å². The Labute approximate surface area is 157 Å². The second-order valence-electron chi connectivity index (χ2n) is 5.34. The molecule has 0 aliphatic rings. The standard InChI is InChI=1S/C17H15F2N5O2S/c18-11-4-3-5-12(8-11)21-16(25)10-27-17-23-22-15(24(17)20)9-26-14-7-2-1-6-13(14)19/h1-8H,9-10,20H2,(H,21,25). The lowest BCUT2D eigenvalue weighted by atomic mass is 10.3. The van der Waals surface area contributed by atoms with E-state index >= 15 is 0 Å². The normalized spacial score (nSPS) is 10.6. The van der Waals surface area contributed by atoms with Gasteiger partial charge in [-0.2, -0.15) is 0 Å². The molecule has 0 radical (unpaired) electrons. The van der Waals surface area contributed by atoms with Gasteiger partial charge in [-0.3, -0.25) is 4.79 Å². The highest BCUT2D eigenvalue weighted by Crippen LogP contribution is 2.19. The smallest absolute Gasteiger partial charge is 0.234 e. The second kappa shape index (κ2) is 8.49.